The van der Waals surface area contributed by atoms with Crippen molar-refractivity contribution < 1.29 is 4.79 Å². The third-order valence-electron chi connectivity index (χ3n) is 2.77. The summed E-state index contributed by atoms with van der Waals surface area (Å²) >= 11 is 1.43. The third kappa shape index (κ3) is 3.61. The molecule has 19 heavy (non-hydrogen) atoms. The molecule has 100 valence electrons. The van der Waals surface area contributed by atoms with Crippen LogP contribution < -0.4 is 5.32 Å². The molecule has 0 spiro atoms. The monoisotopic (exact) mass is 275 g/mol. The molecule has 0 aliphatic heterocycles. The molecule has 0 atom stereocenters. The van der Waals surface area contributed by atoms with Crippen LogP contribution in [-0.2, 0) is 11.8 Å². The fraction of sp³-hybridized carbons (Fsp3) is 0.286. The number of aryl methyl sites for hydroxylation is 3. The minimum absolute atomic E-state index is 0.0139. The second-order valence-electron chi connectivity index (χ2n) is 4.48. The van der Waals surface area contributed by atoms with Gasteiger partial charge < -0.3 is 9.88 Å². The molecule has 0 radical (unpaired) electrons. The van der Waals surface area contributed by atoms with Gasteiger partial charge in [-0.3, -0.25) is 4.79 Å². The van der Waals surface area contributed by atoms with Crippen LogP contribution in [0.5, 0.6) is 0 Å². The van der Waals surface area contributed by atoms with Gasteiger partial charge in [0.05, 0.1) is 5.75 Å². The fourth-order valence-electron chi connectivity index (χ4n) is 1.76. The standard InChI is InChI=1S/C14H17N3OS/c1-10-4-5-12(11(2)8-10)16-13(18)9-19-14-15-6-7-17(14)3/h4-8H,9H2,1-3H3,(H,16,18). The predicted octanol–water partition coefficient (Wildman–Crippen LogP) is 2.77. The van der Waals surface area contributed by atoms with Gasteiger partial charge in [0.2, 0.25) is 5.91 Å². The van der Waals surface area contributed by atoms with Crippen molar-refractivity contribution in [3.05, 3.63) is 41.7 Å². The van der Waals surface area contributed by atoms with Crippen molar-refractivity contribution >= 4 is 23.4 Å². The van der Waals surface area contributed by atoms with Crippen LogP contribution in [0.1, 0.15) is 11.1 Å². The lowest BCUT2D eigenvalue weighted by Crippen LogP contribution is -2.15. The average molecular weight is 275 g/mol. The molecule has 2 aromatic rings. The zero-order valence-corrected chi connectivity index (χ0v) is 12.1. The van der Waals surface area contributed by atoms with Gasteiger partial charge in [0.1, 0.15) is 0 Å². The van der Waals surface area contributed by atoms with Crippen molar-refractivity contribution in [2.45, 2.75) is 19.0 Å². The quantitative estimate of drug-likeness (QED) is 0.873. The number of nitrogens with one attached hydrogen (secondary N) is 1. The van der Waals surface area contributed by atoms with Gasteiger partial charge in [-0.15, -0.1) is 0 Å². The minimum Gasteiger partial charge on any atom is -0.329 e. The summed E-state index contributed by atoms with van der Waals surface area (Å²) in [6.07, 6.45) is 3.59. The summed E-state index contributed by atoms with van der Waals surface area (Å²) in [7, 11) is 1.91. The van der Waals surface area contributed by atoms with Crippen LogP contribution in [0.3, 0.4) is 0 Å². The molecule has 0 aliphatic rings. The van der Waals surface area contributed by atoms with Crippen molar-refractivity contribution in [3.8, 4) is 0 Å². The number of benzene rings is 1. The van der Waals surface area contributed by atoms with Gasteiger partial charge in [-0.05, 0) is 25.5 Å². The summed E-state index contributed by atoms with van der Waals surface area (Å²) in [6, 6.07) is 5.99. The van der Waals surface area contributed by atoms with Crippen molar-refractivity contribution in [3.63, 3.8) is 0 Å². The molecule has 1 aromatic carbocycles. The van der Waals surface area contributed by atoms with Crippen molar-refractivity contribution in [2.24, 2.45) is 7.05 Å². The third-order valence-corrected chi connectivity index (χ3v) is 3.82. The molecule has 0 saturated heterocycles. The Morgan fingerprint density at radius 1 is 1.42 bits per heavy atom. The van der Waals surface area contributed by atoms with Gasteiger partial charge in [0.15, 0.2) is 5.16 Å². The van der Waals surface area contributed by atoms with E-state index in [0.29, 0.717) is 5.75 Å². The SMILES string of the molecule is Cc1ccc(NC(=O)CSc2nccn2C)c(C)c1. The van der Waals surface area contributed by atoms with E-state index in [1.54, 1.807) is 6.20 Å². The zero-order valence-electron chi connectivity index (χ0n) is 11.3. The highest BCUT2D eigenvalue weighted by molar-refractivity contribution is 7.99. The van der Waals surface area contributed by atoms with Gasteiger partial charge in [-0.25, -0.2) is 4.98 Å². The molecule has 4 nitrogen and oxygen atoms in total. The molecule has 1 aromatic heterocycles. The number of imidazole rings is 1. The highest BCUT2D eigenvalue weighted by atomic mass is 32.2. The predicted molar refractivity (Wildman–Crippen MR) is 78.5 cm³/mol. The summed E-state index contributed by atoms with van der Waals surface area (Å²) in [5, 5.41) is 3.77. The smallest absolute Gasteiger partial charge is 0.234 e. The van der Waals surface area contributed by atoms with E-state index < -0.39 is 0 Å². The topological polar surface area (TPSA) is 46.9 Å². The molecule has 1 N–H and O–H groups in total. The van der Waals surface area contributed by atoms with E-state index in [9.17, 15) is 4.79 Å². The Bertz CT molecular complexity index is 592. The molecule has 1 amide bonds. The Labute approximate surface area is 117 Å². The Morgan fingerprint density at radius 3 is 2.84 bits per heavy atom. The maximum absolute atomic E-state index is 11.9. The van der Waals surface area contributed by atoms with E-state index in [-0.39, 0.29) is 5.91 Å². The Morgan fingerprint density at radius 2 is 2.21 bits per heavy atom. The van der Waals surface area contributed by atoms with Crippen molar-refractivity contribution in [2.75, 3.05) is 11.1 Å². The zero-order chi connectivity index (χ0) is 13.8. The molecule has 0 fully saturated rings. The first-order valence-electron chi connectivity index (χ1n) is 6.03. The highest BCUT2D eigenvalue weighted by Gasteiger charge is 2.07. The van der Waals surface area contributed by atoms with Crippen LogP contribution in [0.25, 0.3) is 0 Å². The molecule has 5 heteroatoms. The minimum atomic E-state index is -0.0139. The van der Waals surface area contributed by atoms with Crippen LogP contribution in [0.15, 0.2) is 35.7 Å². The number of aromatic nitrogens is 2. The summed E-state index contributed by atoms with van der Waals surface area (Å²) in [6.45, 7) is 4.03. The largest absolute Gasteiger partial charge is 0.329 e. The molecule has 0 unspecified atom stereocenters. The van der Waals surface area contributed by atoms with E-state index in [1.165, 1.54) is 17.3 Å². The molecule has 0 aliphatic carbocycles. The average Bonchev–Trinajstić information content (AvgIpc) is 2.76. The number of carbonyl (C=O) groups is 1. The Hall–Kier alpha value is -1.75. The van der Waals surface area contributed by atoms with Gasteiger partial charge in [0, 0.05) is 25.1 Å². The van der Waals surface area contributed by atoms with Gasteiger partial charge >= 0.3 is 0 Å². The molecular weight excluding hydrogens is 258 g/mol. The molecule has 2 rings (SSSR count). The lowest BCUT2D eigenvalue weighted by atomic mass is 10.1. The summed E-state index contributed by atoms with van der Waals surface area (Å²) < 4.78 is 1.90. The number of nitrogens with zero attached hydrogens (tertiary/aromatic N) is 2. The maximum Gasteiger partial charge on any atom is 0.234 e. The Balaban J connectivity index is 1.93. The number of amides is 1. The number of hydrogen-bond acceptors (Lipinski definition) is 3. The number of anilines is 1. The van der Waals surface area contributed by atoms with E-state index >= 15 is 0 Å². The van der Waals surface area contributed by atoms with E-state index in [2.05, 4.69) is 16.4 Å². The van der Waals surface area contributed by atoms with Crippen molar-refractivity contribution in [1.29, 1.82) is 0 Å². The number of thioether (sulfide) groups is 1. The van der Waals surface area contributed by atoms with E-state index in [4.69, 9.17) is 0 Å². The first-order valence-corrected chi connectivity index (χ1v) is 7.02. The van der Waals surface area contributed by atoms with Crippen LogP contribution in [-0.4, -0.2) is 21.2 Å². The molecule has 1 heterocycles. The summed E-state index contributed by atoms with van der Waals surface area (Å²) in [4.78, 5) is 16.1. The van der Waals surface area contributed by atoms with Gasteiger partial charge in [-0.2, -0.15) is 0 Å². The van der Waals surface area contributed by atoms with Crippen molar-refractivity contribution in [1.82, 2.24) is 9.55 Å². The molecule has 0 saturated carbocycles. The summed E-state index contributed by atoms with van der Waals surface area (Å²) in [5.41, 5.74) is 3.14. The number of hydrogen-bond donors (Lipinski definition) is 1. The van der Waals surface area contributed by atoms with E-state index in [0.717, 1.165) is 16.4 Å². The number of rotatable bonds is 4. The van der Waals surface area contributed by atoms with Crippen LogP contribution in [0.4, 0.5) is 5.69 Å². The first-order chi connectivity index (χ1) is 9.06. The highest BCUT2D eigenvalue weighted by Crippen LogP contribution is 2.18. The summed E-state index contributed by atoms with van der Waals surface area (Å²) in [5.74, 6) is 0.345. The Kier molecular flexibility index (Phi) is 4.27. The van der Waals surface area contributed by atoms with Crippen LogP contribution >= 0.6 is 11.8 Å². The van der Waals surface area contributed by atoms with Gasteiger partial charge in [-0.1, -0.05) is 29.5 Å². The maximum atomic E-state index is 11.9. The first kappa shape index (κ1) is 13.7. The van der Waals surface area contributed by atoms with E-state index in [1.807, 2.05) is 43.8 Å². The molecule has 0 bridgehead atoms. The van der Waals surface area contributed by atoms with Crippen LogP contribution in [0, 0.1) is 13.8 Å². The van der Waals surface area contributed by atoms with Crippen LogP contribution in [0.2, 0.25) is 0 Å². The lowest BCUT2D eigenvalue weighted by Gasteiger charge is -2.08. The second-order valence-corrected chi connectivity index (χ2v) is 5.42. The number of carbonyl (C=O) groups excluding carboxylic acids is 1. The second kappa shape index (κ2) is 5.93. The van der Waals surface area contributed by atoms with Gasteiger partial charge in [0.25, 0.3) is 0 Å². The lowest BCUT2D eigenvalue weighted by molar-refractivity contribution is -0.113. The normalized spacial score (nSPS) is 10.5. The fourth-order valence-corrected chi connectivity index (χ4v) is 2.49. The molecular formula is C14H17N3OS.